The number of fused-ring (bicyclic) bond motifs is 2. The largest absolute Gasteiger partial charge is 0.453 e. The Bertz CT molecular complexity index is 1590. The Balaban J connectivity index is 1.31. The number of hydrogen-bond acceptors (Lipinski definition) is 5. The molecule has 0 saturated heterocycles. The maximum atomic E-state index is 6.19. The van der Waals surface area contributed by atoms with Crippen molar-refractivity contribution >= 4 is 16.9 Å². The Morgan fingerprint density at radius 2 is 1.00 bits per heavy atom. The minimum atomic E-state index is 0.682. The molecule has 0 bridgehead atoms. The van der Waals surface area contributed by atoms with Crippen molar-refractivity contribution in [2.45, 2.75) is 12.8 Å². The van der Waals surface area contributed by atoms with E-state index in [0.29, 0.717) is 11.6 Å². The van der Waals surface area contributed by atoms with Crippen molar-refractivity contribution in [3.63, 3.8) is 0 Å². The standard InChI is InChI=1S/C33H24N4O/c1-3-11-23(12-4-1)31-34-32(24-13-5-2-6-14-24)36-33(35-31)25-19-21-26(22-20-25)37-27-15-7-9-17-29(27)38-30-18-10-8-16-28(30)37/h1-19,21H,20,22H2. The summed E-state index contributed by atoms with van der Waals surface area (Å²) in [6, 6.07) is 36.5. The first-order chi connectivity index (χ1) is 18.8. The van der Waals surface area contributed by atoms with E-state index >= 15 is 0 Å². The van der Waals surface area contributed by atoms with Crippen LogP contribution in [0.25, 0.3) is 28.3 Å². The molecule has 1 aromatic heterocycles. The lowest BCUT2D eigenvalue weighted by Gasteiger charge is -2.35. The Hall–Kier alpha value is -5.03. The van der Waals surface area contributed by atoms with Gasteiger partial charge in [0, 0.05) is 16.8 Å². The van der Waals surface area contributed by atoms with Crippen LogP contribution in [0.1, 0.15) is 18.7 Å². The van der Waals surface area contributed by atoms with Gasteiger partial charge in [-0.15, -0.1) is 0 Å². The third-order valence-electron chi connectivity index (χ3n) is 6.83. The van der Waals surface area contributed by atoms with Crippen molar-refractivity contribution in [2.75, 3.05) is 4.90 Å². The Kier molecular flexibility index (Phi) is 5.52. The van der Waals surface area contributed by atoms with E-state index in [1.54, 1.807) is 0 Å². The normalized spacial score (nSPS) is 14.1. The quantitative estimate of drug-likeness (QED) is 0.253. The monoisotopic (exact) mass is 492 g/mol. The van der Waals surface area contributed by atoms with Crippen molar-refractivity contribution in [1.29, 1.82) is 0 Å². The molecule has 0 saturated carbocycles. The van der Waals surface area contributed by atoms with Crippen LogP contribution < -0.4 is 9.64 Å². The molecule has 182 valence electrons. The topological polar surface area (TPSA) is 51.1 Å². The van der Waals surface area contributed by atoms with Crippen molar-refractivity contribution in [3.05, 3.63) is 133 Å². The molecule has 2 heterocycles. The Morgan fingerprint density at radius 3 is 1.53 bits per heavy atom. The van der Waals surface area contributed by atoms with E-state index in [1.807, 2.05) is 84.9 Å². The molecule has 5 heteroatoms. The molecule has 0 spiro atoms. The molecule has 1 aliphatic heterocycles. The SMILES string of the molecule is C1=C(c2nc(-c3ccccc3)nc(-c3ccccc3)n2)CCC(N2c3ccccc3Oc3ccccc32)=C1. The van der Waals surface area contributed by atoms with E-state index in [2.05, 4.69) is 41.3 Å². The van der Waals surface area contributed by atoms with Crippen molar-refractivity contribution in [2.24, 2.45) is 0 Å². The predicted octanol–water partition coefficient (Wildman–Crippen LogP) is 8.21. The zero-order valence-corrected chi connectivity index (χ0v) is 20.7. The summed E-state index contributed by atoms with van der Waals surface area (Å²) in [7, 11) is 0. The number of aromatic nitrogens is 3. The number of nitrogens with zero attached hydrogens (tertiary/aromatic N) is 4. The maximum absolute atomic E-state index is 6.19. The van der Waals surface area contributed by atoms with E-state index in [4.69, 9.17) is 19.7 Å². The average molecular weight is 493 g/mol. The highest BCUT2D eigenvalue weighted by Gasteiger charge is 2.27. The van der Waals surface area contributed by atoms with Crippen LogP contribution in [0, 0.1) is 0 Å². The molecule has 0 atom stereocenters. The van der Waals surface area contributed by atoms with Gasteiger partial charge >= 0.3 is 0 Å². The third-order valence-corrected chi connectivity index (χ3v) is 6.83. The molecule has 0 N–H and O–H groups in total. The van der Waals surface area contributed by atoms with Crippen LogP contribution in [0.4, 0.5) is 11.4 Å². The number of ether oxygens (including phenoxy) is 1. The van der Waals surface area contributed by atoms with Gasteiger partial charge in [-0.25, -0.2) is 15.0 Å². The van der Waals surface area contributed by atoms with E-state index in [9.17, 15) is 0 Å². The summed E-state index contributed by atoms with van der Waals surface area (Å²) in [4.78, 5) is 16.9. The number of para-hydroxylation sites is 4. The molecule has 2 aliphatic rings. The van der Waals surface area contributed by atoms with E-state index in [-0.39, 0.29) is 0 Å². The fraction of sp³-hybridized carbons (Fsp3) is 0.0606. The first-order valence-electron chi connectivity index (χ1n) is 12.8. The number of hydrogen-bond donors (Lipinski definition) is 0. The van der Waals surface area contributed by atoms with Gasteiger partial charge in [-0.05, 0) is 48.8 Å². The molecule has 0 radical (unpaired) electrons. The van der Waals surface area contributed by atoms with Crippen LogP contribution in [-0.2, 0) is 0 Å². The number of allylic oxidation sites excluding steroid dienone is 4. The zero-order chi connectivity index (χ0) is 25.3. The van der Waals surface area contributed by atoms with Crippen LogP contribution in [0.15, 0.2) is 127 Å². The highest BCUT2D eigenvalue weighted by atomic mass is 16.5. The van der Waals surface area contributed by atoms with Gasteiger partial charge in [-0.3, -0.25) is 0 Å². The zero-order valence-electron chi connectivity index (χ0n) is 20.7. The number of rotatable bonds is 4. The van der Waals surface area contributed by atoms with Crippen molar-refractivity contribution in [3.8, 4) is 34.3 Å². The summed E-state index contributed by atoms with van der Waals surface area (Å²) in [5, 5.41) is 0. The minimum absolute atomic E-state index is 0.682. The maximum Gasteiger partial charge on any atom is 0.164 e. The Labute approximate surface area is 221 Å². The van der Waals surface area contributed by atoms with Gasteiger partial charge in [0.25, 0.3) is 0 Å². The molecular formula is C33H24N4O. The highest BCUT2D eigenvalue weighted by molar-refractivity contribution is 5.82. The molecule has 0 amide bonds. The van der Waals surface area contributed by atoms with E-state index in [1.165, 1.54) is 5.70 Å². The van der Waals surface area contributed by atoms with Crippen molar-refractivity contribution < 1.29 is 4.74 Å². The average Bonchev–Trinajstić information content (AvgIpc) is 3.00. The summed E-state index contributed by atoms with van der Waals surface area (Å²) >= 11 is 0. The van der Waals surface area contributed by atoms with Crippen LogP contribution in [0.5, 0.6) is 11.5 Å². The van der Waals surface area contributed by atoms with Gasteiger partial charge in [-0.1, -0.05) is 91.0 Å². The molecular weight excluding hydrogens is 468 g/mol. The first-order valence-corrected chi connectivity index (χ1v) is 12.8. The van der Waals surface area contributed by atoms with Gasteiger partial charge in [0.1, 0.15) is 0 Å². The second-order valence-corrected chi connectivity index (χ2v) is 9.26. The summed E-state index contributed by atoms with van der Waals surface area (Å²) in [5.41, 5.74) is 6.35. The van der Waals surface area contributed by atoms with Gasteiger partial charge in [0.15, 0.2) is 29.0 Å². The summed E-state index contributed by atoms with van der Waals surface area (Å²) < 4.78 is 6.19. The van der Waals surface area contributed by atoms with Gasteiger partial charge < -0.3 is 9.64 Å². The molecule has 4 aromatic carbocycles. The lowest BCUT2D eigenvalue weighted by Crippen LogP contribution is -2.21. The second kappa shape index (κ2) is 9.45. The van der Waals surface area contributed by atoms with E-state index < -0.39 is 0 Å². The predicted molar refractivity (Wildman–Crippen MR) is 151 cm³/mol. The van der Waals surface area contributed by atoms with Crippen LogP contribution in [-0.4, -0.2) is 15.0 Å². The van der Waals surface area contributed by atoms with Crippen LogP contribution in [0.2, 0.25) is 0 Å². The molecule has 1 aliphatic carbocycles. The van der Waals surface area contributed by atoms with Crippen LogP contribution >= 0.6 is 0 Å². The smallest absolute Gasteiger partial charge is 0.164 e. The summed E-state index contributed by atoms with van der Waals surface area (Å²) in [6.07, 6.45) is 6.01. The van der Waals surface area contributed by atoms with E-state index in [0.717, 1.165) is 58.2 Å². The number of anilines is 2. The minimum Gasteiger partial charge on any atom is -0.453 e. The summed E-state index contributed by atoms with van der Waals surface area (Å²) in [5.74, 6) is 3.80. The first kappa shape index (κ1) is 22.2. The second-order valence-electron chi connectivity index (χ2n) is 9.26. The van der Waals surface area contributed by atoms with Gasteiger partial charge in [0.2, 0.25) is 0 Å². The van der Waals surface area contributed by atoms with Crippen molar-refractivity contribution in [1.82, 2.24) is 15.0 Å². The molecule has 5 nitrogen and oxygen atoms in total. The third kappa shape index (κ3) is 4.04. The Morgan fingerprint density at radius 1 is 0.500 bits per heavy atom. The fourth-order valence-electron chi connectivity index (χ4n) is 4.97. The lowest BCUT2D eigenvalue weighted by molar-refractivity contribution is 0.475. The molecule has 0 unspecified atom stereocenters. The highest BCUT2D eigenvalue weighted by Crippen LogP contribution is 2.49. The summed E-state index contributed by atoms with van der Waals surface area (Å²) in [6.45, 7) is 0. The number of benzene rings is 4. The molecule has 0 fully saturated rings. The van der Waals surface area contributed by atoms with Gasteiger partial charge in [-0.2, -0.15) is 0 Å². The molecule has 5 aromatic rings. The fourth-order valence-corrected chi connectivity index (χ4v) is 4.97. The van der Waals surface area contributed by atoms with Crippen LogP contribution in [0.3, 0.4) is 0 Å². The lowest BCUT2D eigenvalue weighted by atomic mass is 9.99. The molecule has 38 heavy (non-hydrogen) atoms. The van der Waals surface area contributed by atoms with Gasteiger partial charge in [0.05, 0.1) is 11.4 Å². The molecule has 7 rings (SSSR count).